The van der Waals surface area contributed by atoms with E-state index in [-0.39, 0.29) is 11.7 Å². The number of alkyl halides is 3. The fourth-order valence-electron chi connectivity index (χ4n) is 1.84. The van der Waals surface area contributed by atoms with Gasteiger partial charge in [0.1, 0.15) is 5.75 Å². The minimum absolute atomic E-state index is 0.0806. The summed E-state index contributed by atoms with van der Waals surface area (Å²) in [7, 11) is 0. The molecular formula is C15H21F3N2O2. The van der Waals surface area contributed by atoms with Crippen molar-refractivity contribution in [1.82, 2.24) is 10.2 Å². The van der Waals surface area contributed by atoms with E-state index in [0.29, 0.717) is 12.1 Å². The molecule has 0 fully saturated rings. The fourth-order valence-corrected chi connectivity index (χ4v) is 1.84. The lowest BCUT2D eigenvalue weighted by molar-refractivity contribution is -0.153. The van der Waals surface area contributed by atoms with Gasteiger partial charge in [-0.15, -0.1) is 0 Å². The van der Waals surface area contributed by atoms with Crippen LogP contribution in [0.1, 0.15) is 24.2 Å². The predicted molar refractivity (Wildman–Crippen MR) is 78.1 cm³/mol. The molecule has 0 saturated heterocycles. The van der Waals surface area contributed by atoms with E-state index in [9.17, 15) is 18.0 Å². The normalized spacial score (nSPS) is 11.5. The Morgan fingerprint density at radius 1 is 1.18 bits per heavy atom. The average molecular weight is 318 g/mol. The molecule has 0 aliphatic rings. The molecule has 0 aliphatic heterocycles. The first-order valence-corrected chi connectivity index (χ1v) is 7.16. The highest BCUT2D eigenvalue weighted by Crippen LogP contribution is 2.18. The third-order valence-electron chi connectivity index (χ3n) is 3.13. The van der Waals surface area contributed by atoms with E-state index in [1.54, 1.807) is 0 Å². The Hall–Kier alpha value is -1.76. The summed E-state index contributed by atoms with van der Waals surface area (Å²) in [6, 6.07) is 5.59. The van der Waals surface area contributed by atoms with Crippen LogP contribution in [0.25, 0.3) is 0 Å². The first kappa shape index (κ1) is 18.3. The van der Waals surface area contributed by atoms with E-state index < -0.39 is 12.8 Å². The summed E-state index contributed by atoms with van der Waals surface area (Å²) in [5.41, 5.74) is 0.388. The topological polar surface area (TPSA) is 41.6 Å². The molecule has 0 bridgehead atoms. The van der Waals surface area contributed by atoms with Crippen LogP contribution in [0.2, 0.25) is 0 Å². The molecule has 0 spiro atoms. The summed E-state index contributed by atoms with van der Waals surface area (Å²) in [5, 5.41) is 2.77. The molecule has 7 heteroatoms. The monoisotopic (exact) mass is 318 g/mol. The summed E-state index contributed by atoms with van der Waals surface area (Å²) in [6.45, 7) is 5.85. The summed E-state index contributed by atoms with van der Waals surface area (Å²) in [5.74, 6) is -0.174. The van der Waals surface area contributed by atoms with Gasteiger partial charge in [0, 0.05) is 18.7 Å². The summed E-state index contributed by atoms with van der Waals surface area (Å²) < 4.78 is 40.6. The van der Waals surface area contributed by atoms with E-state index >= 15 is 0 Å². The van der Waals surface area contributed by atoms with Gasteiger partial charge in [-0.3, -0.25) is 4.79 Å². The number of amides is 1. The number of hydrogen-bond acceptors (Lipinski definition) is 3. The van der Waals surface area contributed by atoms with E-state index in [2.05, 4.69) is 15.0 Å². The van der Waals surface area contributed by atoms with E-state index in [1.807, 2.05) is 13.8 Å². The van der Waals surface area contributed by atoms with Crippen LogP contribution in [0.3, 0.4) is 0 Å². The number of nitrogens with zero attached hydrogens (tertiary/aromatic N) is 1. The zero-order chi connectivity index (χ0) is 16.6. The Bertz CT molecular complexity index is 457. The highest BCUT2D eigenvalue weighted by molar-refractivity contribution is 5.94. The van der Waals surface area contributed by atoms with Gasteiger partial charge >= 0.3 is 6.18 Å². The second-order valence-corrected chi connectivity index (χ2v) is 4.71. The van der Waals surface area contributed by atoms with E-state index in [0.717, 1.165) is 19.6 Å². The molecule has 124 valence electrons. The molecule has 1 aromatic carbocycles. The van der Waals surface area contributed by atoms with Gasteiger partial charge in [-0.2, -0.15) is 13.2 Å². The number of carbonyl (C=O) groups excluding carboxylic acids is 1. The number of carbonyl (C=O) groups is 1. The van der Waals surface area contributed by atoms with Gasteiger partial charge < -0.3 is 15.0 Å². The molecule has 22 heavy (non-hydrogen) atoms. The molecule has 1 rings (SSSR count). The van der Waals surface area contributed by atoms with Crippen molar-refractivity contribution >= 4 is 5.91 Å². The minimum Gasteiger partial charge on any atom is -0.484 e. The number of hydrogen-bond donors (Lipinski definition) is 1. The van der Waals surface area contributed by atoms with E-state index in [1.165, 1.54) is 24.3 Å². The number of halogens is 3. The van der Waals surface area contributed by atoms with Crippen LogP contribution < -0.4 is 10.1 Å². The largest absolute Gasteiger partial charge is 0.484 e. The van der Waals surface area contributed by atoms with Gasteiger partial charge in [0.15, 0.2) is 6.61 Å². The molecule has 0 unspecified atom stereocenters. The predicted octanol–water partition coefficient (Wildman–Crippen LogP) is 2.70. The van der Waals surface area contributed by atoms with Crippen LogP contribution in [0.4, 0.5) is 13.2 Å². The van der Waals surface area contributed by atoms with Crippen LogP contribution in [0.5, 0.6) is 5.75 Å². The van der Waals surface area contributed by atoms with Crippen molar-refractivity contribution in [3.63, 3.8) is 0 Å². The number of nitrogens with one attached hydrogen (secondary N) is 1. The zero-order valence-electron chi connectivity index (χ0n) is 12.7. The Morgan fingerprint density at radius 2 is 1.77 bits per heavy atom. The quantitative estimate of drug-likeness (QED) is 0.801. The van der Waals surface area contributed by atoms with Gasteiger partial charge in [-0.25, -0.2) is 0 Å². The number of rotatable bonds is 8. The van der Waals surface area contributed by atoms with Crippen LogP contribution >= 0.6 is 0 Å². The molecule has 0 heterocycles. The van der Waals surface area contributed by atoms with Crippen LogP contribution in [-0.2, 0) is 0 Å². The van der Waals surface area contributed by atoms with Gasteiger partial charge in [0.25, 0.3) is 5.91 Å². The lowest BCUT2D eigenvalue weighted by atomic mass is 10.2. The minimum atomic E-state index is -4.37. The Labute approximate surface area is 128 Å². The maximum absolute atomic E-state index is 12.0. The Morgan fingerprint density at radius 3 is 2.27 bits per heavy atom. The zero-order valence-corrected chi connectivity index (χ0v) is 12.7. The highest BCUT2D eigenvalue weighted by atomic mass is 19.4. The molecule has 0 atom stereocenters. The van der Waals surface area contributed by atoms with Crippen molar-refractivity contribution in [2.75, 3.05) is 32.8 Å². The van der Waals surface area contributed by atoms with Crippen molar-refractivity contribution < 1.29 is 22.7 Å². The highest BCUT2D eigenvalue weighted by Gasteiger charge is 2.28. The SMILES string of the molecule is CCN(CC)CCNC(=O)c1ccc(OCC(F)(F)F)cc1. The van der Waals surface area contributed by atoms with Crippen LogP contribution in [-0.4, -0.2) is 49.8 Å². The second kappa shape index (κ2) is 8.63. The first-order chi connectivity index (χ1) is 10.4. The van der Waals surface area contributed by atoms with Crippen molar-refractivity contribution in [2.45, 2.75) is 20.0 Å². The van der Waals surface area contributed by atoms with Gasteiger partial charge in [-0.05, 0) is 37.4 Å². The Kier molecular flexibility index (Phi) is 7.17. The van der Waals surface area contributed by atoms with Crippen LogP contribution in [0, 0.1) is 0 Å². The summed E-state index contributed by atoms with van der Waals surface area (Å²) in [4.78, 5) is 14.1. The standard InChI is InChI=1S/C15H21F3N2O2/c1-3-20(4-2)10-9-19-14(21)12-5-7-13(8-6-12)22-11-15(16,17)18/h5-8H,3-4,9-11H2,1-2H3,(H,19,21). The van der Waals surface area contributed by atoms with Crippen molar-refractivity contribution in [3.8, 4) is 5.75 Å². The number of likely N-dealkylation sites (N-methyl/N-ethyl adjacent to an activating group) is 1. The first-order valence-electron chi connectivity index (χ1n) is 7.16. The molecule has 1 amide bonds. The Balaban J connectivity index is 2.43. The summed E-state index contributed by atoms with van der Waals surface area (Å²) >= 11 is 0. The number of ether oxygens (including phenoxy) is 1. The lowest BCUT2D eigenvalue weighted by Crippen LogP contribution is -2.34. The van der Waals surface area contributed by atoms with Gasteiger partial charge in [-0.1, -0.05) is 13.8 Å². The number of benzene rings is 1. The molecule has 0 aromatic heterocycles. The molecule has 1 aromatic rings. The molecule has 4 nitrogen and oxygen atoms in total. The molecular weight excluding hydrogens is 297 g/mol. The van der Waals surface area contributed by atoms with Gasteiger partial charge in [0.05, 0.1) is 0 Å². The maximum Gasteiger partial charge on any atom is 0.422 e. The fraction of sp³-hybridized carbons (Fsp3) is 0.533. The molecule has 0 aliphatic carbocycles. The molecule has 0 radical (unpaired) electrons. The second-order valence-electron chi connectivity index (χ2n) is 4.71. The van der Waals surface area contributed by atoms with Crippen LogP contribution in [0.15, 0.2) is 24.3 Å². The summed E-state index contributed by atoms with van der Waals surface area (Å²) in [6.07, 6.45) is -4.37. The van der Waals surface area contributed by atoms with E-state index in [4.69, 9.17) is 0 Å². The lowest BCUT2D eigenvalue weighted by Gasteiger charge is -2.18. The maximum atomic E-state index is 12.0. The van der Waals surface area contributed by atoms with Gasteiger partial charge in [0.2, 0.25) is 0 Å². The third kappa shape index (κ3) is 6.80. The molecule has 1 N–H and O–H groups in total. The molecule has 0 saturated carbocycles. The average Bonchev–Trinajstić information content (AvgIpc) is 2.49. The third-order valence-corrected chi connectivity index (χ3v) is 3.13. The smallest absolute Gasteiger partial charge is 0.422 e. The van der Waals surface area contributed by atoms with Crippen molar-refractivity contribution in [3.05, 3.63) is 29.8 Å². The van der Waals surface area contributed by atoms with Crippen molar-refractivity contribution in [2.24, 2.45) is 0 Å². The van der Waals surface area contributed by atoms with Crippen molar-refractivity contribution in [1.29, 1.82) is 0 Å².